The molecule has 3 rings (SSSR count). The summed E-state index contributed by atoms with van der Waals surface area (Å²) in [4.78, 5) is 41.2. The van der Waals surface area contributed by atoms with Crippen molar-refractivity contribution in [1.82, 2.24) is 9.88 Å². The minimum absolute atomic E-state index is 0.0242. The molecule has 116 valence electrons. The summed E-state index contributed by atoms with van der Waals surface area (Å²) < 4.78 is 0.911. The number of nitrogens with zero attached hydrogens (tertiary/aromatic N) is 2. The highest BCUT2D eigenvalue weighted by Gasteiger charge is 2.36. The van der Waals surface area contributed by atoms with E-state index in [1.54, 1.807) is 24.3 Å². The van der Waals surface area contributed by atoms with E-state index < -0.39 is 11.8 Å². The number of imide groups is 1. The molecule has 1 aliphatic heterocycles. The van der Waals surface area contributed by atoms with Crippen LogP contribution in [0.25, 0.3) is 0 Å². The highest BCUT2D eigenvalue weighted by molar-refractivity contribution is 9.10. The van der Waals surface area contributed by atoms with Gasteiger partial charge in [0.05, 0.1) is 5.56 Å². The predicted octanol–water partition coefficient (Wildman–Crippen LogP) is 2.47. The fourth-order valence-corrected chi connectivity index (χ4v) is 2.55. The standard InChI is InChI=1S/C16H12BrN3O3/c17-10-3-5-11(6-4-10)19-13(21)7-9-20-15(22)12-2-1-8-18-14(12)16(20)23/h1-6,8H,7,9H2,(H,19,21). The smallest absolute Gasteiger partial charge is 0.280 e. The summed E-state index contributed by atoms with van der Waals surface area (Å²) in [5, 5.41) is 2.72. The first-order chi connectivity index (χ1) is 11.1. The van der Waals surface area contributed by atoms with Crippen molar-refractivity contribution in [2.75, 3.05) is 11.9 Å². The first-order valence-corrected chi connectivity index (χ1v) is 7.72. The number of amides is 3. The minimum Gasteiger partial charge on any atom is -0.326 e. The van der Waals surface area contributed by atoms with Crippen molar-refractivity contribution in [3.63, 3.8) is 0 Å². The number of hydrogen-bond donors (Lipinski definition) is 1. The van der Waals surface area contributed by atoms with E-state index >= 15 is 0 Å². The van der Waals surface area contributed by atoms with Crippen molar-refractivity contribution in [3.05, 3.63) is 58.3 Å². The highest BCUT2D eigenvalue weighted by atomic mass is 79.9. The summed E-state index contributed by atoms with van der Waals surface area (Å²) in [5.74, 6) is -1.13. The zero-order valence-electron chi connectivity index (χ0n) is 12.0. The minimum atomic E-state index is -0.456. The molecule has 0 aliphatic carbocycles. The normalized spacial score (nSPS) is 13.2. The van der Waals surface area contributed by atoms with Crippen LogP contribution in [-0.2, 0) is 4.79 Å². The van der Waals surface area contributed by atoms with E-state index in [2.05, 4.69) is 26.2 Å². The summed E-state index contributed by atoms with van der Waals surface area (Å²) in [5.41, 5.74) is 1.08. The number of halogens is 1. The zero-order valence-corrected chi connectivity index (χ0v) is 13.5. The predicted molar refractivity (Wildman–Crippen MR) is 87.0 cm³/mol. The first-order valence-electron chi connectivity index (χ1n) is 6.93. The second-order valence-electron chi connectivity index (χ2n) is 4.97. The van der Waals surface area contributed by atoms with Crippen LogP contribution < -0.4 is 5.32 Å². The number of carbonyl (C=O) groups excluding carboxylic acids is 3. The Bertz CT molecular complexity index is 754. The average Bonchev–Trinajstić information content (AvgIpc) is 2.80. The summed E-state index contributed by atoms with van der Waals surface area (Å²) in [7, 11) is 0. The number of nitrogens with one attached hydrogen (secondary N) is 1. The molecular weight excluding hydrogens is 362 g/mol. The maximum absolute atomic E-state index is 12.1. The number of benzene rings is 1. The molecule has 0 unspecified atom stereocenters. The lowest BCUT2D eigenvalue weighted by atomic mass is 10.2. The van der Waals surface area contributed by atoms with Crippen LogP contribution in [0.3, 0.4) is 0 Å². The Morgan fingerprint density at radius 1 is 1.13 bits per heavy atom. The highest BCUT2D eigenvalue weighted by Crippen LogP contribution is 2.20. The van der Waals surface area contributed by atoms with E-state index in [4.69, 9.17) is 0 Å². The van der Waals surface area contributed by atoms with Crippen LogP contribution in [0, 0.1) is 0 Å². The van der Waals surface area contributed by atoms with Gasteiger partial charge in [0, 0.05) is 29.3 Å². The number of aromatic nitrogens is 1. The van der Waals surface area contributed by atoms with Gasteiger partial charge in [0.1, 0.15) is 5.69 Å². The molecule has 1 N–H and O–H groups in total. The largest absolute Gasteiger partial charge is 0.326 e. The lowest BCUT2D eigenvalue weighted by molar-refractivity contribution is -0.116. The number of rotatable bonds is 4. The molecule has 1 aromatic heterocycles. The van der Waals surface area contributed by atoms with Gasteiger partial charge < -0.3 is 5.32 Å². The molecule has 7 heteroatoms. The van der Waals surface area contributed by atoms with E-state index in [1.807, 2.05) is 12.1 Å². The molecule has 0 bridgehead atoms. The van der Waals surface area contributed by atoms with Gasteiger partial charge >= 0.3 is 0 Å². The van der Waals surface area contributed by atoms with Crippen molar-refractivity contribution in [1.29, 1.82) is 0 Å². The molecule has 6 nitrogen and oxygen atoms in total. The maximum atomic E-state index is 12.1. The van der Waals surface area contributed by atoms with Crippen LogP contribution >= 0.6 is 15.9 Å². The van der Waals surface area contributed by atoms with Gasteiger partial charge in [-0.2, -0.15) is 0 Å². The van der Waals surface area contributed by atoms with Crippen molar-refractivity contribution in [2.45, 2.75) is 6.42 Å². The number of carbonyl (C=O) groups is 3. The quantitative estimate of drug-likeness (QED) is 0.834. The summed E-state index contributed by atoms with van der Waals surface area (Å²) in [6.07, 6.45) is 1.50. The zero-order chi connectivity index (χ0) is 16.4. The molecule has 23 heavy (non-hydrogen) atoms. The van der Waals surface area contributed by atoms with E-state index in [1.165, 1.54) is 6.20 Å². The van der Waals surface area contributed by atoms with Gasteiger partial charge in [-0.15, -0.1) is 0 Å². The van der Waals surface area contributed by atoms with Crippen LogP contribution in [0.15, 0.2) is 47.1 Å². The van der Waals surface area contributed by atoms with Crippen molar-refractivity contribution in [2.24, 2.45) is 0 Å². The Morgan fingerprint density at radius 3 is 2.57 bits per heavy atom. The van der Waals surface area contributed by atoms with Crippen molar-refractivity contribution >= 4 is 39.3 Å². The molecule has 3 amide bonds. The Kier molecular flexibility index (Phi) is 4.20. The van der Waals surface area contributed by atoms with Crippen LogP contribution in [0.5, 0.6) is 0 Å². The third kappa shape index (κ3) is 3.14. The molecule has 1 aliphatic rings. The van der Waals surface area contributed by atoms with Crippen molar-refractivity contribution < 1.29 is 14.4 Å². The molecule has 0 spiro atoms. The van der Waals surface area contributed by atoms with Gasteiger partial charge in [0.15, 0.2) is 0 Å². The molecule has 2 heterocycles. The third-order valence-electron chi connectivity index (χ3n) is 3.42. The van der Waals surface area contributed by atoms with E-state index in [0.717, 1.165) is 9.37 Å². The molecular formula is C16H12BrN3O3. The number of pyridine rings is 1. The Morgan fingerprint density at radius 2 is 1.87 bits per heavy atom. The average molecular weight is 374 g/mol. The fourth-order valence-electron chi connectivity index (χ4n) is 2.29. The number of fused-ring (bicyclic) bond motifs is 1. The van der Waals surface area contributed by atoms with Crippen LogP contribution in [0.1, 0.15) is 27.3 Å². The summed E-state index contributed by atoms with van der Waals surface area (Å²) in [6.45, 7) is 0.0242. The molecule has 0 saturated carbocycles. The molecule has 0 radical (unpaired) electrons. The Hall–Kier alpha value is -2.54. The molecule has 1 aromatic carbocycles. The number of hydrogen-bond acceptors (Lipinski definition) is 4. The molecule has 0 saturated heterocycles. The third-order valence-corrected chi connectivity index (χ3v) is 3.95. The SMILES string of the molecule is O=C(CCN1C(=O)c2cccnc2C1=O)Nc1ccc(Br)cc1. The van der Waals surface area contributed by atoms with Gasteiger partial charge in [-0.3, -0.25) is 24.3 Å². The first kappa shape index (κ1) is 15.4. The summed E-state index contributed by atoms with van der Waals surface area (Å²) >= 11 is 3.31. The molecule has 0 atom stereocenters. The van der Waals surface area contributed by atoms with E-state index in [0.29, 0.717) is 5.69 Å². The van der Waals surface area contributed by atoms with Gasteiger partial charge in [-0.1, -0.05) is 15.9 Å². The number of anilines is 1. The van der Waals surface area contributed by atoms with Crippen LogP contribution in [0.4, 0.5) is 5.69 Å². The van der Waals surface area contributed by atoms with Gasteiger partial charge in [-0.25, -0.2) is 0 Å². The monoisotopic (exact) mass is 373 g/mol. The Labute approximate surface area is 140 Å². The second-order valence-corrected chi connectivity index (χ2v) is 5.88. The van der Waals surface area contributed by atoms with Crippen LogP contribution in [-0.4, -0.2) is 34.2 Å². The lowest BCUT2D eigenvalue weighted by Crippen LogP contribution is -2.33. The van der Waals surface area contributed by atoms with Gasteiger partial charge in [0.2, 0.25) is 5.91 Å². The van der Waals surface area contributed by atoms with Gasteiger partial charge in [-0.05, 0) is 36.4 Å². The van der Waals surface area contributed by atoms with Gasteiger partial charge in [0.25, 0.3) is 11.8 Å². The lowest BCUT2D eigenvalue weighted by Gasteiger charge is -2.13. The van der Waals surface area contributed by atoms with Crippen molar-refractivity contribution in [3.8, 4) is 0 Å². The Balaban J connectivity index is 1.61. The molecule has 0 fully saturated rings. The maximum Gasteiger partial charge on any atom is 0.280 e. The summed E-state index contributed by atoms with van der Waals surface area (Å²) in [6, 6.07) is 10.3. The van der Waals surface area contributed by atoms with E-state index in [9.17, 15) is 14.4 Å². The second kappa shape index (κ2) is 6.29. The van der Waals surface area contributed by atoms with E-state index in [-0.39, 0.29) is 30.1 Å². The molecule has 2 aromatic rings. The fraction of sp³-hybridized carbons (Fsp3) is 0.125. The van der Waals surface area contributed by atoms with Crippen LogP contribution in [0.2, 0.25) is 0 Å². The topological polar surface area (TPSA) is 79.4 Å².